The first-order valence-electron chi connectivity index (χ1n) is 11.1. The molecule has 1 amide bonds. The molecule has 0 bridgehead atoms. The van der Waals surface area contributed by atoms with E-state index in [2.05, 4.69) is 25.9 Å². The zero-order valence-electron chi connectivity index (χ0n) is 18.7. The van der Waals surface area contributed by atoms with Crippen molar-refractivity contribution in [3.63, 3.8) is 0 Å². The van der Waals surface area contributed by atoms with Crippen molar-refractivity contribution >= 4 is 59.7 Å². The van der Waals surface area contributed by atoms with Crippen molar-refractivity contribution < 1.29 is 13.2 Å². The van der Waals surface area contributed by atoms with Gasteiger partial charge >= 0.3 is 0 Å². The van der Waals surface area contributed by atoms with E-state index in [1.807, 2.05) is 18.2 Å². The molecule has 10 heteroatoms. The number of nitrogens with zero attached hydrogens (tertiary/aromatic N) is 2. The Bertz CT molecular complexity index is 1480. The minimum atomic E-state index is -3.32. The van der Waals surface area contributed by atoms with E-state index in [0.717, 1.165) is 46.9 Å². The Labute approximate surface area is 201 Å². The van der Waals surface area contributed by atoms with Gasteiger partial charge in [0, 0.05) is 40.2 Å². The molecular formula is C24H25N5O3S2. The summed E-state index contributed by atoms with van der Waals surface area (Å²) in [7, 11) is -3.32. The summed E-state index contributed by atoms with van der Waals surface area (Å²) in [5, 5.41) is 11.3. The smallest absolute Gasteiger partial charge is 0.261 e. The van der Waals surface area contributed by atoms with E-state index in [1.165, 1.54) is 17.6 Å². The number of fused-ring (bicyclic) bond motifs is 3. The number of piperidine rings is 1. The van der Waals surface area contributed by atoms with Crippen LogP contribution in [0.1, 0.15) is 22.5 Å². The van der Waals surface area contributed by atoms with Gasteiger partial charge < -0.3 is 16.0 Å². The Morgan fingerprint density at radius 2 is 2.00 bits per heavy atom. The lowest BCUT2D eigenvalue weighted by Gasteiger charge is -2.22. The van der Waals surface area contributed by atoms with Gasteiger partial charge in [-0.2, -0.15) is 0 Å². The Kier molecular flexibility index (Phi) is 6.20. The van der Waals surface area contributed by atoms with Gasteiger partial charge in [0.2, 0.25) is 5.95 Å². The molecular weight excluding hydrogens is 470 g/mol. The number of rotatable bonds is 6. The summed E-state index contributed by atoms with van der Waals surface area (Å²) in [6, 6.07) is 12.4. The Balaban J connectivity index is 1.40. The highest BCUT2D eigenvalue weighted by atomic mass is 32.2. The maximum atomic E-state index is 12.8. The third-order valence-electron chi connectivity index (χ3n) is 6.00. The van der Waals surface area contributed by atoms with Crippen LogP contribution < -0.4 is 16.0 Å². The largest absolute Gasteiger partial charge is 0.351 e. The Morgan fingerprint density at radius 3 is 2.79 bits per heavy atom. The van der Waals surface area contributed by atoms with Crippen LogP contribution in [0.4, 0.5) is 11.6 Å². The number of carbonyl (C=O) groups is 1. The fraction of sp³-hybridized carbons (Fsp3) is 0.292. The van der Waals surface area contributed by atoms with Gasteiger partial charge in [0.25, 0.3) is 5.91 Å². The van der Waals surface area contributed by atoms with Crippen LogP contribution in [0, 0.1) is 5.92 Å². The first-order chi connectivity index (χ1) is 16.4. The standard InChI is InChI=1S/C24H25N5O3S2/c1-34(31,32)18-4-2-3-17(11-18)28-24-27-14-16-5-6-20-19(22(16)29-24)12-21(33-20)23(30)26-13-15-7-9-25-10-8-15/h2-6,11-12,14-15,25H,7-10,13H2,1H3,(H,26,30)(H,27,28,29). The molecule has 1 fully saturated rings. The van der Waals surface area contributed by atoms with Crippen LogP contribution >= 0.6 is 11.3 Å². The van der Waals surface area contributed by atoms with Crippen LogP contribution in [0.3, 0.4) is 0 Å². The van der Waals surface area contributed by atoms with Crippen molar-refractivity contribution in [1.82, 2.24) is 20.6 Å². The summed E-state index contributed by atoms with van der Waals surface area (Å²) in [5.41, 5.74) is 1.32. The summed E-state index contributed by atoms with van der Waals surface area (Å²) in [6.07, 6.45) is 5.05. The molecule has 0 radical (unpaired) electrons. The highest BCUT2D eigenvalue weighted by Gasteiger charge is 2.17. The number of sulfone groups is 1. The van der Waals surface area contributed by atoms with Crippen LogP contribution in [0.15, 0.2) is 53.6 Å². The second-order valence-corrected chi connectivity index (χ2v) is 11.6. The number of nitrogens with one attached hydrogen (secondary N) is 3. The number of thiophene rings is 1. The monoisotopic (exact) mass is 495 g/mol. The molecule has 34 heavy (non-hydrogen) atoms. The van der Waals surface area contributed by atoms with E-state index in [0.29, 0.717) is 29.0 Å². The zero-order valence-corrected chi connectivity index (χ0v) is 20.3. The van der Waals surface area contributed by atoms with Crippen molar-refractivity contribution in [2.75, 3.05) is 31.2 Å². The maximum Gasteiger partial charge on any atom is 0.261 e. The Hall–Kier alpha value is -3.08. The van der Waals surface area contributed by atoms with Crippen molar-refractivity contribution in [3.8, 4) is 0 Å². The average molecular weight is 496 g/mol. The number of carbonyl (C=O) groups excluding carboxylic acids is 1. The second-order valence-electron chi connectivity index (χ2n) is 8.55. The number of anilines is 2. The van der Waals surface area contributed by atoms with Crippen LogP contribution in [0.5, 0.6) is 0 Å². The van der Waals surface area contributed by atoms with Crippen molar-refractivity contribution in [3.05, 3.63) is 53.5 Å². The van der Waals surface area contributed by atoms with Gasteiger partial charge in [0.15, 0.2) is 9.84 Å². The molecule has 4 aromatic rings. The number of amides is 1. The van der Waals surface area contributed by atoms with E-state index in [-0.39, 0.29) is 10.8 Å². The van der Waals surface area contributed by atoms with Gasteiger partial charge in [-0.25, -0.2) is 18.4 Å². The van der Waals surface area contributed by atoms with Crippen LogP contribution in [0.25, 0.3) is 21.0 Å². The fourth-order valence-corrected chi connectivity index (χ4v) is 5.77. The van der Waals surface area contributed by atoms with E-state index in [1.54, 1.807) is 30.5 Å². The summed E-state index contributed by atoms with van der Waals surface area (Å²) < 4.78 is 24.7. The fourth-order valence-electron chi connectivity index (χ4n) is 4.12. The lowest BCUT2D eigenvalue weighted by atomic mass is 9.98. The van der Waals surface area contributed by atoms with Gasteiger partial charge in [0.1, 0.15) is 0 Å². The number of benzene rings is 2. The summed E-state index contributed by atoms with van der Waals surface area (Å²) in [4.78, 5) is 22.7. The highest BCUT2D eigenvalue weighted by Crippen LogP contribution is 2.32. The third-order valence-corrected chi connectivity index (χ3v) is 8.21. The average Bonchev–Trinajstić information content (AvgIpc) is 3.28. The molecule has 2 aromatic carbocycles. The summed E-state index contributed by atoms with van der Waals surface area (Å²) in [6.45, 7) is 2.70. The lowest BCUT2D eigenvalue weighted by molar-refractivity contribution is 0.0948. The van der Waals surface area contributed by atoms with Gasteiger partial charge in [0.05, 0.1) is 15.3 Å². The molecule has 8 nitrogen and oxygen atoms in total. The van der Waals surface area contributed by atoms with Gasteiger partial charge in [-0.05, 0) is 68.2 Å². The SMILES string of the molecule is CS(=O)(=O)c1cccc(Nc2ncc3ccc4sc(C(=O)NCC5CCNCC5)cc4c3n2)c1. The molecule has 3 N–H and O–H groups in total. The van der Waals surface area contributed by atoms with Gasteiger partial charge in [-0.1, -0.05) is 6.07 Å². The molecule has 176 valence electrons. The maximum absolute atomic E-state index is 12.8. The summed E-state index contributed by atoms with van der Waals surface area (Å²) >= 11 is 1.45. The van der Waals surface area contributed by atoms with E-state index >= 15 is 0 Å². The van der Waals surface area contributed by atoms with Crippen molar-refractivity contribution in [2.45, 2.75) is 17.7 Å². The number of aromatic nitrogens is 2. The molecule has 0 spiro atoms. The second kappa shape index (κ2) is 9.28. The molecule has 2 aromatic heterocycles. The molecule has 3 heterocycles. The van der Waals surface area contributed by atoms with Crippen LogP contribution in [-0.2, 0) is 9.84 Å². The molecule has 5 rings (SSSR count). The van der Waals surface area contributed by atoms with Crippen LogP contribution in [-0.4, -0.2) is 50.2 Å². The van der Waals surface area contributed by atoms with E-state index in [4.69, 9.17) is 0 Å². The van der Waals surface area contributed by atoms with Gasteiger partial charge in [-0.15, -0.1) is 11.3 Å². The number of hydrogen-bond donors (Lipinski definition) is 3. The quantitative estimate of drug-likeness (QED) is 0.374. The lowest BCUT2D eigenvalue weighted by Crippen LogP contribution is -2.35. The van der Waals surface area contributed by atoms with Crippen molar-refractivity contribution in [1.29, 1.82) is 0 Å². The van der Waals surface area contributed by atoms with Crippen LogP contribution in [0.2, 0.25) is 0 Å². The van der Waals surface area contributed by atoms with Gasteiger partial charge in [-0.3, -0.25) is 4.79 Å². The third kappa shape index (κ3) is 4.89. The molecule has 0 aliphatic carbocycles. The molecule has 0 unspecified atom stereocenters. The zero-order chi connectivity index (χ0) is 23.7. The first-order valence-corrected chi connectivity index (χ1v) is 13.8. The summed E-state index contributed by atoms with van der Waals surface area (Å²) in [5.74, 6) is 0.814. The first kappa shape index (κ1) is 22.7. The molecule has 0 atom stereocenters. The Morgan fingerprint density at radius 1 is 1.18 bits per heavy atom. The van der Waals surface area contributed by atoms with Crippen molar-refractivity contribution in [2.24, 2.45) is 5.92 Å². The number of hydrogen-bond acceptors (Lipinski definition) is 8. The predicted octanol–water partition coefficient (Wildman–Crippen LogP) is 3.72. The predicted molar refractivity (Wildman–Crippen MR) is 136 cm³/mol. The molecule has 1 aliphatic heterocycles. The minimum absolute atomic E-state index is 0.0575. The molecule has 0 saturated carbocycles. The normalized spacial score (nSPS) is 15.0. The van der Waals surface area contributed by atoms with E-state index < -0.39 is 9.84 Å². The highest BCUT2D eigenvalue weighted by molar-refractivity contribution is 7.90. The van der Waals surface area contributed by atoms with E-state index in [9.17, 15) is 13.2 Å². The minimum Gasteiger partial charge on any atom is -0.351 e. The topological polar surface area (TPSA) is 113 Å². The molecule has 1 saturated heterocycles. The molecule has 1 aliphatic rings.